The minimum Gasteiger partial charge on any atom is -0.393 e. The number of ether oxygens (including phenoxy) is 1. The molecule has 0 aliphatic carbocycles. The summed E-state index contributed by atoms with van der Waals surface area (Å²) < 4.78 is 4.34. The Hall–Kier alpha value is -1.19. The molecule has 0 aromatic rings. The number of hydrogen-bond acceptors (Lipinski definition) is 4. The highest BCUT2D eigenvalue weighted by molar-refractivity contribution is 6.08. The zero-order valence-electron chi connectivity index (χ0n) is 9.66. The number of carbonyl (C=O) groups excluding carboxylic acids is 3. The van der Waals surface area contributed by atoms with Gasteiger partial charge in [0.2, 0.25) is 0 Å². The number of Topliss-reactive ketones (excluding diaryl/α,β-unsaturated/α-hetero) is 1. The van der Waals surface area contributed by atoms with Crippen molar-refractivity contribution < 1.29 is 19.1 Å². The second-order valence-electron chi connectivity index (χ2n) is 4.18. The Bertz CT molecular complexity index is 283. The predicted molar refractivity (Wildman–Crippen MR) is 57.6 cm³/mol. The smallest absolute Gasteiger partial charge is 0.324 e. The highest BCUT2D eigenvalue weighted by atomic mass is 16.6. The zero-order valence-corrected chi connectivity index (χ0v) is 9.66. The standard InChI is InChI=1S/C12H18O4/c1-2-3-4-5-6-7-10(13)9-8-11(14)16-12(9)15/h9H,2-8H2,1H3. The zero-order chi connectivity index (χ0) is 12.0. The number of ketones is 1. The molecule has 90 valence electrons. The summed E-state index contributed by atoms with van der Waals surface area (Å²) >= 11 is 0. The molecule has 0 N–H and O–H groups in total. The van der Waals surface area contributed by atoms with E-state index in [1.54, 1.807) is 0 Å². The minimum absolute atomic E-state index is 0.0629. The van der Waals surface area contributed by atoms with Crippen LogP contribution in [0.3, 0.4) is 0 Å². The predicted octanol–water partition coefficient (Wildman–Crippen LogP) is 2.01. The van der Waals surface area contributed by atoms with E-state index in [4.69, 9.17) is 0 Å². The molecule has 1 saturated heterocycles. The van der Waals surface area contributed by atoms with Gasteiger partial charge < -0.3 is 4.74 Å². The Morgan fingerprint density at radius 1 is 1.25 bits per heavy atom. The van der Waals surface area contributed by atoms with Gasteiger partial charge >= 0.3 is 11.9 Å². The van der Waals surface area contributed by atoms with Gasteiger partial charge in [-0.25, -0.2) is 0 Å². The van der Waals surface area contributed by atoms with E-state index < -0.39 is 17.9 Å². The topological polar surface area (TPSA) is 60.4 Å². The van der Waals surface area contributed by atoms with Crippen molar-refractivity contribution in [1.29, 1.82) is 0 Å². The van der Waals surface area contributed by atoms with E-state index in [1.807, 2.05) is 0 Å². The first-order valence-electron chi connectivity index (χ1n) is 5.92. The number of cyclic esters (lactones) is 2. The molecule has 1 fully saturated rings. The molecule has 0 aromatic carbocycles. The molecule has 1 aliphatic rings. The molecular weight excluding hydrogens is 208 g/mol. The molecule has 4 nitrogen and oxygen atoms in total. The Morgan fingerprint density at radius 2 is 1.94 bits per heavy atom. The van der Waals surface area contributed by atoms with Gasteiger partial charge in [0.15, 0.2) is 0 Å². The normalized spacial score (nSPS) is 19.9. The lowest BCUT2D eigenvalue weighted by Crippen LogP contribution is -2.18. The Kier molecular flexibility index (Phi) is 5.15. The molecule has 0 aromatic heterocycles. The number of hydrogen-bond donors (Lipinski definition) is 0. The summed E-state index contributed by atoms with van der Waals surface area (Å²) in [5, 5.41) is 0. The van der Waals surface area contributed by atoms with Crippen LogP contribution in [0.4, 0.5) is 0 Å². The van der Waals surface area contributed by atoms with Crippen LogP contribution < -0.4 is 0 Å². The van der Waals surface area contributed by atoms with Gasteiger partial charge in [-0.1, -0.05) is 32.6 Å². The Labute approximate surface area is 95.3 Å². The van der Waals surface area contributed by atoms with Crippen molar-refractivity contribution in [2.75, 3.05) is 0 Å². The van der Waals surface area contributed by atoms with Gasteiger partial charge in [-0.2, -0.15) is 0 Å². The average Bonchev–Trinajstić information content (AvgIpc) is 2.57. The van der Waals surface area contributed by atoms with Crippen molar-refractivity contribution in [1.82, 2.24) is 0 Å². The Balaban J connectivity index is 2.20. The molecule has 0 saturated carbocycles. The van der Waals surface area contributed by atoms with E-state index in [2.05, 4.69) is 11.7 Å². The van der Waals surface area contributed by atoms with Gasteiger partial charge in [0.25, 0.3) is 0 Å². The molecule has 4 heteroatoms. The van der Waals surface area contributed by atoms with Crippen molar-refractivity contribution in [2.45, 2.75) is 51.9 Å². The van der Waals surface area contributed by atoms with Crippen LogP contribution in [-0.4, -0.2) is 17.7 Å². The monoisotopic (exact) mass is 226 g/mol. The van der Waals surface area contributed by atoms with Crippen molar-refractivity contribution in [2.24, 2.45) is 5.92 Å². The van der Waals surface area contributed by atoms with Crippen molar-refractivity contribution in [3.05, 3.63) is 0 Å². The third-order valence-corrected chi connectivity index (χ3v) is 2.79. The number of rotatable bonds is 7. The molecular formula is C12H18O4. The maximum atomic E-state index is 11.6. The van der Waals surface area contributed by atoms with Crippen LogP contribution in [0.25, 0.3) is 0 Å². The average molecular weight is 226 g/mol. The highest BCUT2D eigenvalue weighted by Crippen LogP contribution is 2.19. The van der Waals surface area contributed by atoms with E-state index in [0.717, 1.165) is 25.7 Å². The lowest BCUT2D eigenvalue weighted by Gasteiger charge is -2.03. The summed E-state index contributed by atoms with van der Waals surface area (Å²) in [6.07, 6.45) is 5.60. The van der Waals surface area contributed by atoms with Gasteiger partial charge in [0, 0.05) is 6.42 Å². The van der Waals surface area contributed by atoms with Gasteiger partial charge in [0.05, 0.1) is 6.42 Å². The first-order valence-corrected chi connectivity index (χ1v) is 5.92. The largest absolute Gasteiger partial charge is 0.393 e. The Morgan fingerprint density at radius 3 is 2.50 bits per heavy atom. The summed E-state index contributed by atoms with van der Waals surface area (Å²) in [6, 6.07) is 0. The van der Waals surface area contributed by atoms with Gasteiger partial charge in [0.1, 0.15) is 11.7 Å². The number of unbranched alkanes of at least 4 members (excludes halogenated alkanes) is 4. The quantitative estimate of drug-likeness (QED) is 0.378. The van der Waals surface area contributed by atoms with Crippen LogP contribution in [-0.2, 0) is 19.1 Å². The van der Waals surface area contributed by atoms with Crippen LogP contribution in [0.2, 0.25) is 0 Å². The van der Waals surface area contributed by atoms with Crippen LogP contribution >= 0.6 is 0 Å². The van der Waals surface area contributed by atoms with E-state index in [0.29, 0.717) is 6.42 Å². The van der Waals surface area contributed by atoms with Crippen molar-refractivity contribution >= 4 is 17.7 Å². The molecule has 0 radical (unpaired) electrons. The highest BCUT2D eigenvalue weighted by Gasteiger charge is 2.38. The minimum atomic E-state index is -0.821. The fourth-order valence-electron chi connectivity index (χ4n) is 1.80. The lowest BCUT2D eigenvalue weighted by atomic mass is 9.97. The summed E-state index contributed by atoms with van der Waals surface area (Å²) in [6.45, 7) is 2.13. The fourth-order valence-corrected chi connectivity index (χ4v) is 1.80. The summed E-state index contributed by atoms with van der Waals surface area (Å²) in [7, 11) is 0. The van der Waals surface area contributed by atoms with E-state index in [9.17, 15) is 14.4 Å². The first kappa shape index (κ1) is 12.9. The summed E-state index contributed by atoms with van der Waals surface area (Å²) in [5.41, 5.74) is 0. The molecule has 1 heterocycles. The third-order valence-electron chi connectivity index (χ3n) is 2.79. The van der Waals surface area contributed by atoms with Gasteiger partial charge in [-0.3, -0.25) is 14.4 Å². The van der Waals surface area contributed by atoms with Gasteiger partial charge in [-0.15, -0.1) is 0 Å². The van der Waals surface area contributed by atoms with Gasteiger partial charge in [-0.05, 0) is 6.42 Å². The molecule has 0 amide bonds. The molecule has 1 atom stereocenters. The first-order chi connectivity index (χ1) is 7.65. The number of esters is 2. The SMILES string of the molecule is CCCCCCCC(=O)C1CC(=O)OC1=O. The van der Waals surface area contributed by atoms with Crippen LogP contribution in [0.1, 0.15) is 51.9 Å². The van der Waals surface area contributed by atoms with E-state index >= 15 is 0 Å². The fraction of sp³-hybridized carbons (Fsp3) is 0.750. The molecule has 1 unspecified atom stereocenters. The molecule has 0 spiro atoms. The van der Waals surface area contributed by atoms with E-state index in [-0.39, 0.29) is 12.2 Å². The maximum Gasteiger partial charge on any atom is 0.324 e. The second kappa shape index (κ2) is 6.40. The molecule has 16 heavy (non-hydrogen) atoms. The summed E-state index contributed by atoms with van der Waals surface area (Å²) in [5.74, 6) is -2.20. The van der Waals surface area contributed by atoms with Crippen molar-refractivity contribution in [3.63, 3.8) is 0 Å². The maximum absolute atomic E-state index is 11.6. The second-order valence-corrected chi connectivity index (χ2v) is 4.18. The van der Waals surface area contributed by atoms with Crippen LogP contribution in [0, 0.1) is 5.92 Å². The lowest BCUT2D eigenvalue weighted by molar-refractivity contribution is -0.153. The van der Waals surface area contributed by atoms with Crippen LogP contribution in [0.15, 0.2) is 0 Å². The number of carbonyl (C=O) groups is 3. The summed E-state index contributed by atoms with van der Waals surface area (Å²) in [4.78, 5) is 33.5. The third kappa shape index (κ3) is 3.76. The molecule has 1 aliphatic heterocycles. The van der Waals surface area contributed by atoms with Crippen molar-refractivity contribution in [3.8, 4) is 0 Å². The van der Waals surface area contributed by atoms with Crippen LogP contribution in [0.5, 0.6) is 0 Å². The molecule has 1 rings (SSSR count). The molecule has 0 bridgehead atoms. The van der Waals surface area contributed by atoms with E-state index in [1.165, 1.54) is 6.42 Å².